The molecular formula is C13H18FNO4. The second kappa shape index (κ2) is 6.49. The molecule has 1 rings (SSSR count). The van der Waals surface area contributed by atoms with E-state index >= 15 is 0 Å². The fourth-order valence-electron chi connectivity index (χ4n) is 1.46. The van der Waals surface area contributed by atoms with Crippen LogP contribution in [-0.2, 0) is 4.74 Å². The zero-order valence-corrected chi connectivity index (χ0v) is 10.9. The Morgan fingerprint density at radius 3 is 2.79 bits per heavy atom. The van der Waals surface area contributed by atoms with Gasteiger partial charge in [-0.2, -0.15) is 0 Å². The number of carbonyl (C=O) groups excluding carboxylic acids is 1. The lowest BCUT2D eigenvalue weighted by atomic mass is 10.0. The van der Waals surface area contributed by atoms with Crippen LogP contribution in [0.1, 0.15) is 23.7 Å². The van der Waals surface area contributed by atoms with Gasteiger partial charge in [0.1, 0.15) is 11.6 Å². The molecule has 1 aromatic rings. The highest BCUT2D eigenvalue weighted by molar-refractivity contribution is 5.94. The van der Waals surface area contributed by atoms with Gasteiger partial charge in [-0.25, -0.2) is 4.39 Å². The van der Waals surface area contributed by atoms with Crippen LogP contribution in [0.2, 0.25) is 0 Å². The van der Waals surface area contributed by atoms with Crippen molar-refractivity contribution in [2.75, 3.05) is 20.3 Å². The topological polar surface area (TPSA) is 78.8 Å². The lowest BCUT2D eigenvalue weighted by Gasteiger charge is -2.23. The van der Waals surface area contributed by atoms with E-state index in [0.29, 0.717) is 13.0 Å². The summed E-state index contributed by atoms with van der Waals surface area (Å²) in [4.78, 5) is 11.7. The molecule has 1 amide bonds. The molecule has 0 saturated heterocycles. The van der Waals surface area contributed by atoms with Gasteiger partial charge in [0.25, 0.3) is 5.91 Å². The van der Waals surface area contributed by atoms with Gasteiger partial charge < -0.3 is 20.3 Å². The number of aliphatic hydroxyl groups is 1. The van der Waals surface area contributed by atoms with Crippen LogP contribution in [0.4, 0.5) is 4.39 Å². The van der Waals surface area contributed by atoms with Crippen molar-refractivity contribution in [3.05, 3.63) is 29.6 Å². The number of rotatable bonds is 6. The summed E-state index contributed by atoms with van der Waals surface area (Å²) in [6.45, 7) is 1.89. The van der Waals surface area contributed by atoms with E-state index in [1.54, 1.807) is 6.92 Å². The molecular weight excluding hydrogens is 253 g/mol. The van der Waals surface area contributed by atoms with Crippen LogP contribution < -0.4 is 5.32 Å². The maximum Gasteiger partial charge on any atom is 0.254 e. The molecule has 0 aliphatic carbocycles. The van der Waals surface area contributed by atoms with Gasteiger partial charge in [-0.3, -0.25) is 4.79 Å². The van der Waals surface area contributed by atoms with Crippen LogP contribution in [0, 0.1) is 5.82 Å². The smallest absolute Gasteiger partial charge is 0.254 e. The second-order valence-electron chi connectivity index (χ2n) is 4.59. The number of ether oxygens (including phenoxy) is 1. The molecule has 0 bridgehead atoms. The van der Waals surface area contributed by atoms with Crippen molar-refractivity contribution in [2.24, 2.45) is 0 Å². The third-order valence-electron chi connectivity index (χ3n) is 2.67. The number of carbonyl (C=O) groups is 1. The number of aromatic hydroxyl groups is 1. The Balaban J connectivity index is 2.60. The molecule has 0 fully saturated rings. The Bertz CT molecular complexity index is 448. The van der Waals surface area contributed by atoms with Crippen molar-refractivity contribution in [2.45, 2.75) is 18.9 Å². The maximum absolute atomic E-state index is 13.4. The Kier molecular flexibility index (Phi) is 5.26. The minimum Gasteiger partial charge on any atom is -0.508 e. The van der Waals surface area contributed by atoms with Crippen LogP contribution in [0.15, 0.2) is 18.2 Å². The van der Waals surface area contributed by atoms with Crippen molar-refractivity contribution in [1.29, 1.82) is 0 Å². The number of hydrogen-bond acceptors (Lipinski definition) is 4. The van der Waals surface area contributed by atoms with E-state index in [1.165, 1.54) is 19.2 Å². The standard InChI is InChI=1S/C13H18FNO4/c1-13(18,5-6-19-2)8-15-12(17)10-4-3-9(16)7-11(10)14/h3-4,7,16,18H,5-6,8H2,1-2H3,(H,15,17). The Labute approximate surface area is 111 Å². The first kappa shape index (κ1) is 15.4. The zero-order valence-electron chi connectivity index (χ0n) is 10.9. The lowest BCUT2D eigenvalue weighted by molar-refractivity contribution is 0.0243. The second-order valence-corrected chi connectivity index (χ2v) is 4.59. The highest BCUT2D eigenvalue weighted by Crippen LogP contribution is 2.15. The van der Waals surface area contributed by atoms with Crippen molar-refractivity contribution in [3.63, 3.8) is 0 Å². The lowest BCUT2D eigenvalue weighted by Crippen LogP contribution is -2.41. The molecule has 0 heterocycles. The number of methoxy groups -OCH3 is 1. The van der Waals surface area contributed by atoms with Crippen molar-refractivity contribution in [3.8, 4) is 5.75 Å². The summed E-state index contributed by atoms with van der Waals surface area (Å²) in [5.41, 5.74) is -1.31. The summed E-state index contributed by atoms with van der Waals surface area (Å²) in [5, 5.41) is 21.4. The third-order valence-corrected chi connectivity index (χ3v) is 2.67. The molecule has 1 atom stereocenters. The first-order chi connectivity index (χ1) is 8.85. The van der Waals surface area contributed by atoms with E-state index < -0.39 is 17.3 Å². The molecule has 0 spiro atoms. The SMILES string of the molecule is COCCC(C)(O)CNC(=O)c1ccc(O)cc1F. The molecule has 0 aliphatic rings. The largest absolute Gasteiger partial charge is 0.508 e. The quantitative estimate of drug-likeness (QED) is 0.722. The van der Waals surface area contributed by atoms with Gasteiger partial charge >= 0.3 is 0 Å². The van der Waals surface area contributed by atoms with Crippen molar-refractivity contribution < 1.29 is 24.1 Å². The maximum atomic E-state index is 13.4. The first-order valence-electron chi connectivity index (χ1n) is 5.84. The molecule has 3 N–H and O–H groups in total. The number of halogens is 1. The van der Waals surface area contributed by atoms with E-state index in [0.717, 1.165) is 6.07 Å². The van der Waals surface area contributed by atoms with Gasteiger partial charge in [0.15, 0.2) is 0 Å². The molecule has 0 radical (unpaired) electrons. The molecule has 19 heavy (non-hydrogen) atoms. The number of phenols is 1. The summed E-state index contributed by atoms with van der Waals surface area (Å²) in [7, 11) is 1.51. The van der Waals surface area contributed by atoms with E-state index in [1.807, 2.05) is 0 Å². The number of phenolic OH excluding ortho intramolecular Hbond substituents is 1. The molecule has 0 aromatic heterocycles. The van der Waals surface area contributed by atoms with Crippen LogP contribution in [0.3, 0.4) is 0 Å². The van der Waals surface area contributed by atoms with E-state index in [2.05, 4.69) is 5.32 Å². The Morgan fingerprint density at radius 1 is 1.53 bits per heavy atom. The molecule has 0 saturated carbocycles. The summed E-state index contributed by atoms with van der Waals surface area (Å²) >= 11 is 0. The van der Waals surface area contributed by atoms with Gasteiger partial charge in [0, 0.05) is 32.7 Å². The van der Waals surface area contributed by atoms with Crippen LogP contribution >= 0.6 is 0 Å². The molecule has 1 aromatic carbocycles. The third kappa shape index (κ3) is 4.84. The van der Waals surface area contributed by atoms with Gasteiger partial charge in [0.05, 0.1) is 11.2 Å². The highest BCUT2D eigenvalue weighted by atomic mass is 19.1. The fourth-order valence-corrected chi connectivity index (χ4v) is 1.46. The van der Waals surface area contributed by atoms with Crippen LogP contribution in [-0.4, -0.2) is 42.0 Å². The highest BCUT2D eigenvalue weighted by Gasteiger charge is 2.22. The first-order valence-corrected chi connectivity index (χ1v) is 5.84. The molecule has 0 aliphatic heterocycles. The molecule has 106 valence electrons. The van der Waals surface area contributed by atoms with Gasteiger partial charge in [-0.15, -0.1) is 0 Å². The molecule has 6 heteroatoms. The summed E-state index contributed by atoms with van der Waals surface area (Å²) in [6, 6.07) is 3.27. The van der Waals surface area contributed by atoms with Crippen LogP contribution in [0.25, 0.3) is 0 Å². The van der Waals surface area contributed by atoms with E-state index in [9.17, 15) is 14.3 Å². The molecule has 1 unspecified atom stereocenters. The van der Waals surface area contributed by atoms with E-state index in [-0.39, 0.29) is 17.9 Å². The fraction of sp³-hybridized carbons (Fsp3) is 0.462. The number of hydrogen-bond donors (Lipinski definition) is 3. The normalized spacial score (nSPS) is 13.9. The zero-order chi connectivity index (χ0) is 14.5. The summed E-state index contributed by atoms with van der Waals surface area (Å²) in [6.07, 6.45) is 0.349. The van der Waals surface area contributed by atoms with Crippen molar-refractivity contribution in [1.82, 2.24) is 5.32 Å². The predicted octanol–water partition coefficient (Wildman–Crippen LogP) is 1.05. The average molecular weight is 271 g/mol. The summed E-state index contributed by atoms with van der Waals surface area (Å²) < 4.78 is 18.3. The minimum absolute atomic E-state index is 0.0183. The number of nitrogens with one attached hydrogen (secondary N) is 1. The monoisotopic (exact) mass is 271 g/mol. The average Bonchev–Trinajstić information content (AvgIpc) is 2.34. The minimum atomic E-state index is -1.13. The van der Waals surface area contributed by atoms with Crippen LogP contribution in [0.5, 0.6) is 5.75 Å². The predicted molar refractivity (Wildman–Crippen MR) is 67.5 cm³/mol. The number of amides is 1. The number of benzene rings is 1. The Hall–Kier alpha value is -1.66. The van der Waals surface area contributed by atoms with Crippen molar-refractivity contribution >= 4 is 5.91 Å². The van der Waals surface area contributed by atoms with Gasteiger partial charge in [0.2, 0.25) is 0 Å². The molecule has 5 nitrogen and oxygen atoms in total. The Morgan fingerprint density at radius 2 is 2.21 bits per heavy atom. The van der Waals surface area contributed by atoms with Gasteiger partial charge in [-0.1, -0.05) is 0 Å². The summed E-state index contributed by atoms with van der Waals surface area (Å²) in [5.74, 6) is -1.70. The van der Waals surface area contributed by atoms with E-state index in [4.69, 9.17) is 9.84 Å². The van der Waals surface area contributed by atoms with Gasteiger partial charge in [-0.05, 0) is 19.1 Å².